The van der Waals surface area contributed by atoms with Crippen LogP contribution in [0.15, 0.2) is 64.5 Å². The lowest BCUT2D eigenvalue weighted by Crippen LogP contribution is -2.34. The quantitative estimate of drug-likeness (QED) is 0.524. The second-order valence-electron chi connectivity index (χ2n) is 7.36. The third-order valence-electron chi connectivity index (χ3n) is 4.53. The average molecular weight is 382 g/mol. The van der Waals surface area contributed by atoms with E-state index in [0.29, 0.717) is 17.9 Å². The van der Waals surface area contributed by atoms with Crippen LogP contribution in [-0.4, -0.2) is 21.2 Å². The van der Waals surface area contributed by atoms with Crippen molar-refractivity contribution in [1.29, 1.82) is 0 Å². The Bertz CT molecular complexity index is 879. The number of nitrogens with one attached hydrogen (secondary N) is 1. The number of amides is 1. The van der Waals surface area contributed by atoms with E-state index in [1.165, 1.54) is 6.07 Å². The summed E-state index contributed by atoms with van der Waals surface area (Å²) in [4.78, 5) is 12.6. The largest absolute Gasteiger partial charge is 0.384 e. The Morgan fingerprint density at radius 1 is 1.36 bits per heavy atom. The number of rotatable bonds is 6. The van der Waals surface area contributed by atoms with Gasteiger partial charge in [-0.2, -0.15) is 0 Å². The molecule has 28 heavy (non-hydrogen) atoms. The third-order valence-corrected chi connectivity index (χ3v) is 4.53. The number of carbonyl (C=O) groups excluding carboxylic acids is 1. The molecule has 0 unspecified atom stereocenters. The summed E-state index contributed by atoms with van der Waals surface area (Å²) in [5.74, 6) is 5.94. The van der Waals surface area contributed by atoms with Gasteiger partial charge < -0.3 is 20.0 Å². The Kier molecular flexibility index (Phi) is 5.96. The predicted octanol–water partition coefficient (Wildman–Crippen LogP) is 2.96. The summed E-state index contributed by atoms with van der Waals surface area (Å²) in [6, 6.07) is 11.4. The lowest BCUT2D eigenvalue weighted by atomic mass is 10.1. The van der Waals surface area contributed by atoms with Crippen molar-refractivity contribution in [3.63, 3.8) is 0 Å². The Morgan fingerprint density at radius 3 is 2.79 bits per heavy atom. The fourth-order valence-corrected chi connectivity index (χ4v) is 2.96. The molecule has 0 spiro atoms. The van der Waals surface area contributed by atoms with Crippen LogP contribution in [0.1, 0.15) is 54.9 Å². The minimum atomic E-state index is -1.18. The zero-order valence-electron chi connectivity index (χ0n) is 16.2. The molecular weight excluding hydrogens is 356 g/mol. The second kappa shape index (κ2) is 8.41. The smallest absolute Gasteiger partial charge is 0.294 e. The number of nitrogens with zero attached hydrogens (tertiary/aromatic N) is 2. The average Bonchev–Trinajstić information content (AvgIpc) is 3.05. The molecule has 0 saturated carbocycles. The van der Waals surface area contributed by atoms with Gasteiger partial charge >= 0.3 is 0 Å². The lowest BCUT2D eigenvalue weighted by Gasteiger charge is -2.24. The van der Waals surface area contributed by atoms with Gasteiger partial charge in [-0.15, -0.1) is 0 Å². The van der Waals surface area contributed by atoms with Gasteiger partial charge in [-0.1, -0.05) is 41.6 Å². The van der Waals surface area contributed by atoms with Crippen LogP contribution < -0.4 is 11.2 Å². The van der Waals surface area contributed by atoms with Crippen LogP contribution >= 0.6 is 0 Å². The molecule has 1 amide bonds. The molecule has 1 aliphatic carbocycles. The van der Waals surface area contributed by atoms with Gasteiger partial charge in [-0.05, 0) is 44.7 Å². The molecule has 0 radical (unpaired) electrons. The summed E-state index contributed by atoms with van der Waals surface area (Å²) in [7, 11) is 0. The molecule has 0 atom stereocenters. The van der Waals surface area contributed by atoms with Crippen LogP contribution in [-0.2, 0) is 12.1 Å². The Hall–Kier alpha value is -2.90. The van der Waals surface area contributed by atoms with Crippen LogP contribution in [0.4, 0.5) is 0 Å². The van der Waals surface area contributed by atoms with Crippen molar-refractivity contribution in [1.82, 2.24) is 15.5 Å². The Balaban J connectivity index is 1.80. The lowest BCUT2D eigenvalue weighted by molar-refractivity contribution is 0.0697. The highest BCUT2D eigenvalue weighted by atomic mass is 16.5. The molecule has 1 heterocycles. The molecule has 148 valence electrons. The van der Waals surface area contributed by atoms with E-state index in [1.807, 2.05) is 42.5 Å². The number of nitrogens with two attached hydrogens (primary N) is 1. The van der Waals surface area contributed by atoms with Gasteiger partial charge in [0.1, 0.15) is 11.3 Å². The number of hydrogen-bond acceptors (Lipinski definition) is 6. The number of hydrogen-bond donors (Lipinski definition) is 3. The molecule has 7 nitrogen and oxygen atoms in total. The zero-order chi connectivity index (χ0) is 20.1. The summed E-state index contributed by atoms with van der Waals surface area (Å²) in [5.41, 5.74) is 1.70. The van der Waals surface area contributed by atoms with Gasteiger partial charge in [0.05, 0.1) is 17.9 Å². The number of carbonyl (C=O) groups is 1. The maximum atomic E-state index is 12.6. The molecule has 0 aliphatic heterocycles. The van der Waals surface area contributed by atoms with E-state index in [4.69, 9.17) is 10.4 Å². The number of hydrazine groups is 1. The second-order valence-corrected chi connectivity index (χ2v) is 7.36. The summed E-state index contributed by atoms with van der Waals surface area (Å²) < 4.78 is 5.10. The standard InChI is InChI=1S/C21H26N4O3/c1-21(2,27)19-13-18(28-24-19)20(26)23-16-11-7-4-8-12-17(16)25(22)14-15-9-5-3-6-10-15/h3,5-7,9-11,13,27H,4,8,12,14,22H2,1-2H3,(H,23,26). The van der Waals surface area contributed by atoms with Crippen LogP contribution in [0.25, 0.3) is 0 Å². The van der Waals surface area contributed by atoms with Crippen LogP contribution in [0.3, 0.4) is 0 Å². The SMILES string of the molecule is CC(C)(O)c1cc(C(=O)NC2=C(N(N)Cc3ccccc3)CCCC=C2)on1. The van der Waals surface area contributed by atoms with E-state index in [0.717, 1.165) is 30.5 Å². The van der Waals surface area contributed by atoms with Crippen LogP contribution in [0.5, 0.6) is 0 Å². The molecule has 0 fully saturated rings. The number of allylic oxidation sites excluding steroid dienone is 3. The molecule has 7 heteroatoms. The van der Waals surface area contributed by atoms with Gasteiger partial charge in [-0.3, -0.25) is 4.79 Å². The van der Waals surface area contributed by atoms with E-state index < -0.39 is 11.5 Å². The Labute approximate surface area is 164 Å². The van der Waals surface area contributed by atoms with Crippen LogP contribution in [0, 0.1) is 0 Å². The van der Waals surface area contributed by atoms with Crippen molar-refractivity contribution in [2.75, 3.05) is 0 Å². The fraction of sp³-hybridized carbons (Fsp3) is 0.333. The molecule has 1 aromatic heterocycles. The first-order chi connectivity index (χ1) is 13.3. The molecule has 1 aliphatic rings. The highest BCUT2D eigenvalue weighted by molar-refractivity contribution is 5.93. The van der Waals surface area contributed by atoms with E-state index in [1.54, 1.807) is 18.9 Å². The summed E-state index contributed by atoms with van der Waals surface area (Å²) >= 11 is 0. The topological polar surface area (TPSA) is 105 Å². The number of aromatic nitrogens is 1. The van der Waals surface area contributed by atoms with Crippen molar-refractivity contribution < 1.29 is 14.4 Å². The minimum absolute atomic E-state index is 0.0354. The first-order valence-electron chi connectivity index (χ1n) is 9.31. The van der Waals surface area contributed by atoms with Gasteiger partial charge in [0.25, 0.3) is 5.91 Å². The first-order valence-corrected chi connectivity index (χ1v) is 9.31. The maximum Gasteiger partial charge on any atom is 0.294 e. The molecule has 1 aromatic carbocycles. The number of benzene rings is 1. The van der Waals surface area contributed by atoms with Crippen molar-refractivity contribution in [2.24, 2.45) is 5.84 Å². The van der Waals surface area contributed by atoms with Gasteiger partial charge in [0.2, 0.25) is 5.76 Å². The molecule has 0 saturated heterocycles. The normalized spacial score (nSPS) is 14.7. The van der Waals surface area contributed by atoms with Crippen molar-refractivity contribution in [3.05, 3.63) is 77.0 Å². The summed E-state index contributed by atoms with van der Waals surface area (Å²) in [6.07, 6.45) is 6.49. The van der Waals surface area contributed by atoms with E-state index in [9.17, 15) is 9.90 Å². The molecule has 2 aromatic rings. The van der Waals surface area contributed by atoms with E-state index in [2.05, 4.69) is 10.5 Å². The summed E-state index contributed by atoms with van der Waals surface area (Å²) in [5, 5.41) is 18.3. The zero-order valence-corrected chi connectivity index (χ0v) is 16.2. The molecule has 3 rings (SSSR count). The Morgan fingerprint density at radius 2 is 2.11 bits per heavy atom. The van der Waals surface area contributed by atoms with E-state index >= 15 is 0 Å². The van der Waals surface area contributed by atoms with Crippen molar-refractivity contribution >= 4 is 5.91 Å². The molecule has 0 bridgehead atoms. The van der Waals surface area contributed by atoms with E-state index in [-0.39, 0.29) is 5.76 Å². The highest BCUT2D eigenvalue weighted by Crippen LogP contribution is 2.22. The fourth-order valence-electron chi connectivity index (χ4n) is 2.96. The van der Waals surface area contributed by atoms with Crippen molar-refractivity contribution in [2.45, 2.75) is 45.3 Å². The minimum Gasteiger partial charge on any atom is -0.384 e. The third kappa shape index (κ3) is 4.88. The van der Waals surface area contributed by atoms with Crippen LogP contribution in [0.2, 0.25) is 0 Å². The van der Waals surface area contributed by atoms with Gasteiger partial charge in [0, 0.05) is 6.07 Å². The van der Waals surface area contributed by atoms with Gasteiger partial charge in [-0.25, -0.2) is 5.84 Å². The highest BCUT2D eigenvalue weighted by Gasteiger charge is 2.24. The molecular formula is C21H26N4O3. The predicted molar refractivity (Wildman–Crippen MR) is 105 cm³/mol. The van der Waals surface area contributed by atoms with Gasteiger partial charge in [0.15, 0.2) is 0 Å². The monoisotopic (exact) mass is 382 g/mol. The maximum absolute atomic E-state index is 12.6. The first kappa shape index (κ1) is 19.9. The number of aliphatic hydroxyl groups is 1. The molecule has 4 N–H and O–H groups in total. The summed E-state index contributed by atoms with van der Waals surface area (Å²) in [6.45, 7) is 3.70. The van der Waals surface area contributed by atoms with Crippen molar-refractivity contribution in [3.8, 4) is 0 Å².